The highest BCUT2D eigenvalue weighted by Gasteiger charge is 2.61. The van der Waals surface area contributed by atoms with Crippen molar-refractivity contribution in [1.82, 2.24) is 0 Å². The number of esters is 1. The van der Waals surface area contributed by atoms with E-state index >= 15 is 0 Å². The molecule has 4 fully saturated rings. The van der Waals surface area contributed by atoms with Crippen molar-refractivity contribution in [2.24, 2.45) is 17.3 Å². The molecule has 3 atom stereocenters. The van der Waals surface area contributed by atoms with Crippen LogP contribution in [0.15, 0.2) is 18.2 Å². The minimum Gasteiger partial charge on any atom is -0.482 e. The van der Waals surface area contributed by atoms with E-state index in [0.29, 0.717) is 35.3 Å². The molecule has 0 aromatic heterocycles. The van der Waals surface area contributed by atoms with E-state index in [4.69, 9.17) is 21.1 Å². The summed E-state index contributed by atoms with van der Waals surface area (Å²) in [5, 5.41) is 2.69. The van der Waals surface area contributed by atoms with Gasteiger partial charge in [-0.05, 0) is 75.5 Å². The summed E-state index contributed by atoms with van der Waals surface area (Å²) in [5.74, 6) is 0.636. The van der Waals surface area contributed by atoms with Crippen molar-refractivity contribution in [2.45, 2.75) is 56.4 Å². The molecule has 0 saturated heterocycles. The number of hydrogen-bond acceptors (Lipinski definition) is 5. The maximum atomic E-state index is 13.2. The van der Waals surface area contributed by atoms with Crippen LogP contribution in [0.4, 0.5) is 5.69 Å². The highest BCUT2D eigenvalue weighted by atomic mass is 35.5. The number of nitrogens with one attached hydrogen (secondary N) is 1. The number of rotatable bonds is 4. The number of ketones is 1. The van der Waals surface area contributed by atoms with Gasteiger partial charge < -0.3 is 14.8 Å². The van der Waals surface area contributed by atoms with Crippen LogP contribution in [0.2, 0.25) is 0 Å². The van der Waals surface area contributed by atoms with Gasteiger partial charge in [0.1, 0.15) is 5.75 Å². The molecule has 0 unspecified atom stereocenters. The fraction of sp³-hybridized carbons (Fsp3) is 0.591. The van der Waals surface area contributed by atoms with Crippen molar-refractivity contribution < 1.29 is 23.9 Å². The SMILES string of the molecule is C[C@@H](OC(=O)C12C[C@H]3C[C@@H](CC(Cl)(C3)C1)C2)C(=O)c1ccc2c(c1)NC(=O)CO2. The monoisotopic (exact) mass is 417 g/mol. The van der Waals surface area contributed by atoms with Crippen LogP contribution in [-0.4, -0.2) is 35.2 Å². The zero-order valence-electron chi connectivity index (χ0n) is 16.3. The van der Waals surface area contributed by atoms with Gasteiger partial charge in [-0.15, -0.1) is 11.6 Å². The van der Waals surface area contributed by atoms with Crippen molar-refractivity contribution in [3.05, 3.63) is 23.8 Å². The van der Waals surface area contributed by atoms with Gasteiger partial charge in [0.25, 0.3) is 5.91 Å². The van der Waals surface area contributed by atoms with Gasteiger partial charge in [-0.3, -0.25) is 14.4 Å². The van der Waals surface area contributed by atoms with Crippen molar-refractivity contribution in [3.8, 4) is 5.75 Å². The van der Waals surface area contributed by atoms with E-state index < -0.39 is 11.5 Å². The molecular formula is C22H24ClNO5. The quantitative estimate of drug-likeness (QED) is 0.459. The van der Waals surface area contributed by atoms with Gasteiger partial charge in [-0.1, -0.05) is 0 Å². The van der Waals surface area contributed by atoms with Gasteiger partial charge in [0, 0.05) is 10.4 Å². The summed E-state index contributed by atoms with van der Waals surface area (Å²) < 4.78 is 11.0. The first-order valence-electron chi connectivity index (χ1n) is 10.3. The fourth-order valence-electron chi connectivity index (χ4n) is 6.20. The van der Waals surface area contributed by atoms with E-state index in [1.807, 2.05) is 0 Å². The molecule has 29 heavy (non-hydrogen) atoms. The Balaban J connectivity index is 1.31. The van der Waals surface area contributed by atoms with E-state index in [9.17, 15) is 14.4 Å². The van der Waals surface area contributed by atoms with Gasteiger partial charge in [0.05, 0.1) is 11.1 Å². The summed E-state index contributed by atoms with van der Waals surface area (Å²) in [6.45, 7) is 1.56. The first kappa shape index (κ1) is 18.9. The zero-order valence-corrected chi connectivity index (χ0v) is 17.1. The van der Waals surface area contributed by atoms with Crippen molar-refractivity contribution in [3.63, 3.8) is 0 Å². The molecule has 4 bridgehead atoms. The number of carbonyl (C=O) groups excluding carboxylic acids is 3. The standard InChI is InChI=1S/C22H24ClNO5/c1-12(19(26)15-2-3-17-16(5-15)24-18(25)10-28-17)29-20(27)21-6-13-4-14(7-21)9-22(23,8-13)11-21/h2-3,5,12-14H,4,6-11H2,1H3,(H,24,25)/t12-,13-,14-,21?,22?/m1/s1. The smallest absolute Gasteiger partial charge is 0.312 e. The molecular weight excluding hydrogens is 394 g/mol. The predicted molar refractivity (Wildman–Crippen MR) is 106 cm³/mol. The summed E-state index contributed by atoms with van der Waals surface area (Å²) >= 11 is 6.82. The van der Waals surface area contributed by atoms with Crippen LogP contribution in [0.3, 0.4) is 0 Å². The third kappa shape index (κ3) is 3.21. The number of benzene rings is 1. The number of Topliss-reactive ketones (excluding diaryl/α,β-unsaturated/α-hetero) is 1. The number of hydrogen-bond donors (Lipinski definition) is 1. The minimum atomic E-state index is -0.903. The lowest BCUT2D eigenvalue weighted by atomic mass is 9.49. The zero-order chi connectivity index (χ0) is 20.4. The van der Waals surface area contributed by atoms with Gasteiger partial charge in [0.2, 0.25) is 5.78 Å². The average Bonchev–Trinajstić information content (AvgIpc) is 2.64. The Morgan fingerprint density at radius 1 is 1.24 bits per heavy atom. The Bertz CT molecular complexity index is 898. The molecule has 7 heteroatoms. The molecule has 0 spiro atoms. The van der Waals surface area contributed by atoms with Crippen molar-refractivity contribution in [1.29, 1.82) is 0 Å². The van der Waals surface area contributed by atoms with Gasteiger partial charge in [-0.25, -0.2) is 0 Å². The lowest BCUT2D eigenvalue weighted by molar-refractivity contribution is -0.172. The average molecular weight is 418 g/mol. The molecule has 1 aliphatic heterocycles. The second kappa shape index (κ2) is 6.46. The summed E-state index contributed by atoms with van der Waals surface area (Å²) in [6, 6.07) is 4.84. The number of fused-ring (bicyclic) bond motifs is 1. The first-order valence-corrected chi connectivity index (χ1v) is 10.6. The van der Waals surface area contributed by atoms with Crippen LogP contribution in [0, 0.1) is 17.3 Å². The second-order valence-corrected chi connectivity index (χ2v) is 10.2. The van der Waals surface area contributed by atoms with E-state index in [1.54, 1.807) is 25.1 Å². The Kier molecular flexibility index (Phi) is 4.21. The summed E-state index contributed by atoms with van der Waals surface area (Å²) in [5.41, 5.74) is 0.280. The van der Waals surface area contributed by atoms with Crippen LogP contribution >= 0.6 is 11.6 Å². The highest BCUT2D eigenvalue weighted by molar-refractivity contribution is 6.24. The van der Waals surface area contributed by atoms with Gasteiger partial charge >= 0.3 is 5.97 Å². The molecule has 4 aliphatic carbocycles. The lowest BCUT2D eigenvalue weighted by Gasteiger charge is -2.58. The third-order valence-electron chi connectivity index (χ3n) is 6.97. The molecule has 6 nitrogen and oxygen atoms in total. The van der Waals surface area contributed by atoms with E-state index in [1.165, 1.54) is 0 Å². The summed E-state index contributed by atoms with van der Waals surface area (Å²) in [6.07, 6.45) is 4.51. The van der Waals surface area contributed by atoms with E-state index in [0.717, 1.165) is 32.1 Å². The summed E-state index contributed by atoms with van der Waals surface area (Å²) in [4.78, 5) is 37.3. The third-order valence-corrected chi connectivity index (χ3v) is 7.41. The van der Waals surface area contributed by atoms with Crippen LogP contribution in [0.1, 0.15) is 55.8 Å². The van der Waals surface area contributed by atoms with Crippen LogP contribution < -0.4 is 10.1 Å². The maximum absolute atomic E-state index is 13.2. The normalized spacial score (nSPS) is 35.3. The molecule has 1 N–H and O–H groups in total. The molecule has 6 rings (SSSR count). The molecule has 154 valence electrons. The Hall–Kier alpha value is -2.08. The lowest BCUT2D eigenvalue weighted by Crippen LogP contribution is -2.56. The number of carbonyl (C=O) groups is 3. The number of ether oxygens (including phenoxy) is 2. The maximum Gasteiger partial charge on any atom is 0.312 e. The Morgan fingerprint density at radius 3 is 2.66 bits per heavy atom. The number of halogens is 1. The van der Waals surface area contributed by atoms with Crippen molar-refractivity contribution in [2.75, 3.05) is 11.9 Å². The topological polar surface area (TPSA) is 81.7 Å². The van der Waals surface area contributed by atoms with Crippen LogP contribution in [0.5, 0.6) is 5.75 Å². The molecule has 1 amide bonds. The summed E-state index contributed by atoms with van der Waals surface area (Å²) in [7, 11) is 0. The minimum absolute atomic E-state index is 0.0412. The first-order chi connectivity index (χ1) is 13.8. The van der Waals surface area contributed by atoms with Crippen molar-refractivity contribution >= 4 is 34.9 Å². The number of alkyl halides is 1. The Labute approximate surface area is 174 Å². The van der Waals surface area contributed by atoms with E-state index in [-0.39, 0.29) is 29.1 Å². The van der Waals surface area contributed by atoms with Gasteiger partial charge in [0.15, 0.2) is 12.7 Å². The number of amides is 1. The molecule has 4 saturated carbocycles. The predicted octanol–water partition coefficient (Wildman–Crippen LogP) is 3.71. The van der Waals surface area contributed by atoms with Gasteiger partial charge in [-0.2, -0.15) is 0 Å². The largest absolute Gasteiger partial charge is 0.482 e. The number of anilines is 1. The molecule has 1 aromatic carbocycles. The Morgan fingerprint density at radius 2 is 1.97 bits per heavy atom. The second-order valence-electron chi connectivity index (χ2n) is 9.35. The highest BCUT2D eigenvalue weighted by Crippen LogP contribution is 2.64. The molecule has 0 radical (unpaired) electrons. The van der Waals surface area contributed by atoms with Crippen LogP contribution in [-0.2, 0) is 14.3 Å². The van der Waals surface area contributed by atoms with E-state index in [2.05, 4.69) is 5.32 Å². The molecule has 1 aromatic rings. The molecule has 1 heterocycles. The molecule has 5 aliphatic rings. The van der Waals surface area contributed by atoms with Crippen LogP contribution in [0.25, 0.3) is 0 Å². The fourth-order valence-corrected chi connectivity index (χ4v) is 6.89.